The summed E-state index contributed by atoms with van der Waals surface area (Å²) < 4.78 is 14.4. The van der Waals surface area contributed by atoms with E-state index in [9.17, 15) is 4.39 Å². The van der Waals surface area contributed by atoms with Crippen LogP contribution in [0.25, 0.3) is 0 Å². The molecule has 1 nitrogen and oxygen atoms in total. The first-order valence-corrected chi connectivity index (χ1v) is 7.63. The molecule has 0 heterocycles. The Hall–Kier alpha value is -0.900. The Labute approximate surface area is 132 Å². The third kappa shape index (κ3) is 4.58. The summed E-state index contributed by atoms with van der Waals surface area (Å²) in [6.45, 7) is 2.75. The molecule has 106 valence electrons. The van der Waals surface area contributed by atoms with Gasteiger partial charge in [-0.2, -0.15) is 0 Å². The number of benzene rings is 2. The number of nitrogens with one attached hydrogen (secondary N) is 1. The summed E-state index contributed by atoms with van der Waals surface area (Å²) in [5, 5.41) is 3.55. The maximum absolute atomic E-state index is 13.3. The molecule has 1 N–H and O–H groups in total. The molecule has 1 atom stereocenters. The fraction of sp³-hybridized carbons (Fsp3) is 0.250. The Morgan fingerprint density at radius 2 is 1.80 bits per heavy atom. The fourth-order valence-electron chi connectivity index (χ4n) is 1.99. The van der Waals surface area contributed by atoms with Crippen molar-refractivity contribution in [2.45, 2.75) is 25.9 Å². The lowest BCUT2D eigenvalue weighted by molar-refractivity contribution is 0.542. The van der Waals surface area contributed by atoms with E-state index < -0.39 is 0 Å². The highest BCUT2D eigenvalue weighted by atomic mass is 79.9. The highest BCUT2D eigenvalue weighted by Crippen LogP contribution is 2.16. The lowest BCUT2D eigenvalue weighted by Gasteiger charge is -2.14. The molecule has 2 aromatic rings. The average Bonchev–Trinajstić information content (AvgIpc) is 2.43. The van der Waals surface area contributed by atoms with Crippen LogP contribution in [0.5, 0.6) is 0 Å². The zero-order valence-electron chi connectivity index (χ0n) is 11.2. The van der Waals surface area contributed by atoms with Gasteiger partial charge in [-0.25, -0.2) is 4.39 Å². The van der Waals surface area contributed by atoms with E-state index in [4.69, 9.17) is 11.6 Å². The molecule has 0 amide bonds. The van der Waals surface area contributed by atoms with Crippen molar-refractivity contribution in [1.29, 1.82) is 0 Å². The van der Waals surface area contributed by atoms with Gasteiger partial charge < -0.3 is 5.32 Å². The Bertz CT molecular complexity index is 571. The van der Waals surface area contributed by atoms with Crippen molar-refractivity contribution in [3.63, 3.8) is 0 Å². The summed E-state index contributed by atoms with van der Waals surface area (Å²) in [7, 11) is 0. The van der Waals surface area contributed by atoms with E-state index in [2.05, 4.69) is 40.3 Å². The van der Waals surface area contributed by atoms with Crippen LogP contribution in [0.15, 0.2) is 46.9 Å². The largest absolute Gasteiger partial charge is 0.310 e. The van der Waals surface area contributed by atoms with Crippen LogP contribution in [0.1, 0.15) is 18.1 Å². The van der Waals surface area contributed by atoms with E-state index in [0.29, 0.717) is 12.6 Å². The van der Waals surface area contributed by atoms with Gasteiger partial charge in [0.25, 0.3) is 0 Å². The molecule has 0 saturated carbocycles. The van der Waals surface area contributed by atoms with Crippen LogP contribution in [0, 0.1) is 5.82 Å². The first-order chi connectivity index (χ1) is 9.54. The lowest BCUT2D eigenvalue weighted by Crippen LogP contribution is -2.27. The van der Waals surface area contributed by atoms with E-state index in [1.807, 2.05) is 18.2 Å². The van der Waals surface area contributed by atoms with E-state index in [1.165, 1.54) is 11.6 Å². The normalized spacial score (nSPS) is 12.4. The molecular weight excluding hydrogens is 341 g/mol. The molecular formula is C16H16BrClFN. The van der Waals surface area contributed by atoms with Gasteiger partial charge in [0.15, 0.2) is 0 Å². The first kappa shape index (κ1) is 15.5. The fourth-order valence-corrected chi connectivity index (χ4v) is 2.37. The summed E-state index contributed by atoms with van der Waals surface area (Å²) >= 11 is 9.09. The van der Waals surface area contributed by atoms with Gasteiger partial charge in [-0.05, 0) is 48.7 Å². The molecule has 0 aromatic heterocycles. The molecule has 20 heavy (non-hydrogen) atoms. The van der Waals surface area contributed by atoms with E-state index in [-0.39, 0.29) is 10.8 Å². The highest BCUT2D eigenvalue weighted by molar-refractivity contribution is 9.10. The van der Waals surface area contributed by atoms with E-state index in [1.54, 1.807) is 6.07 Å². The summed E-state index contributed by atoms with van der Waals surface area (Å²) in [4.78, 5) is 0. The predicted molar refractivity (Wildman–Crippen MR) is 85.6 cm³/mol. The molecule has 4 heteroatoms. The minimum Gasteiger partial charge on any atom is -0.310 e. The summed E-state index contributed by atoms with van der Waals surface area (Å²) in [5.41, 5.74) is 2.17. The maximum Gasteiger partial charge on any atom is 0.142 e. The van der Waals surface area contributed by atoms with Crippen molar-refractivity contribution in [3.8, 4) is 0 Å². The van der Waals surface area contributed by atoms with E-state index >= 15 is 0 Å². The number of hydrogen-bond donors (Lipinski definition) is 1. The van der Waals surface area contributed by atoms with Crippen LogP contribution in [0.3, 0.4) is 0 Å². The summed E-state index contributed by atoms with van der Waals surface area (Å²) in [6.07, 6.45) is 0.934. The van der Waals surface area contributed by atoms with Gasteiger partial charge in [0.05, 0.1) is 5.02 Å². The lowest BCUT2D eigenvalue weighted by atomic mass is 10.1. The van der Waals surface area contributed by atoms with Gasteiger partial charge in [-0.15, -0.1) is 0 Å². The Balaban J connectivity index is 1.86. The van der Waals surface area contributed by atoms with Crippen molar-refractivity contribution in [2.24, 2.45) is 0 Å². The standard InChI is InChI=1S/C16H16BrClFN/c1-11(8-12-2-5-14(17)6-3-12)20-10-13-4-7-15(18)16(19)9-13/h2-7,9,11,20H,8,10H2,1H3. The van der Waals surface area contributed by atoms with Crippen molar-refractivity contribution >= 4 is 27.5 Å². The quantitative estimate of drug-likeness (QED) is 0.798. The Morgan fingerprint density at radius 3 is 2.45 bits per heavy atom. The SMILES string of the molecule is CC(Cc1ccc(Br)cc1)NCc1ccc(Cl)c(F)c1. The van der Waals surface area contributed by atoms with Crippen molar-refractivity contribution < 1.29 is 4.39 Å². The Kier molecular flexibility index (Phi) is 5.58. The van der Waals surface area contributed by atoms with Crippen molar-refractivity contribution in [2.75, 3.05) is 0 Å². The van der Waals surface area contributed by atoms with Gasteiger partial charge in [-0.1, -0.05) is 45.7 Å². The minimum atomic E-state index is -0.369. The molecule has 1 unspecified atom stereocenters. The second kappa shape index (κ2) is 7.21. The third-order valence-corrected chi connectivity index (χ3v) is 3.93. The maximum atomic E-state index is 13.3. The van der Waals surface area contributed by atoms with Gasteiger partial charge in [0.1, 0.15) is 5.82 Å². The van der Waals surface area contributed by atoms with Gasteiger partial charge in [0, 0.05) is 17.1 Å². The van der Waals surface area contributed by atoms with Crippen LogP contribution in [0.2, 0.25) is 5.02 Å². The number of hydrogen-bond acceptors (Lipinski definition) is 1. The molecule has 0 aliphatic heterocycles. The highest BCUT2D eigenvalue weighted by Gasteiger charge is 2.05. The average molecular weight is 357 g/mol. The molecule has 0 bridgehead atoms. The molecule has 0 saturated heterocycles. The molecule has 0 aliphatic rings. The number of halogens is 3. The third-order valence-electron chi connectivity index (χ3n) is 3.09. The van der Waals surface area contributed by atoms with Crippen molar-refractivity contribution in [3.05, 3.63) is 68.9 Å². The Morgan fingerprint density at radius 1 is 1.15 bits per heavy atom. The molecule has 0 spiro atoms. The second-order valence-corrected chi connectivity index (χ2v) is 6.18. The van der Waals surface area contributed by atoms with Crippen LogP contribution in [0.4, 0.5) is 4.39 Å². The van der Waals surface area contributed by atoms with Gasteiger partial charge >= 0.3 is 0 Å². The summed E-state index contributed by atoms with van der Waals surface area (Å²) in [5.74, 6) is -0.369. The number of rotatable bonds is 5. The van der Waals surface area contributed by atoms with Crippen molar-refractivity contribution in [1.82, 2.24) is 5.32 Å². The van der Waals surface area contributed by atoms with Crippen LogP contribution in [-0.2, 0) is 13.0 Å². The van der Waals surface area contributed by atoms with Gasteiger partial charge in [0.2, 0.25) is 0 Å². The molecule has 0 fully saturated rings. The molecule has 2 rings (SSSR count). The van der Waals surface area contributed by atoms with Crippen LogP contribution in [-0.4, -0.2) is 6.04 Å². The smallest absolute Gasteiger partial charge is 0.142 e. The topological polar surface area (TPSA) is 12.0 Å². The van der Waals surface area contributed by atoms with Gasteiger partial charge in [-0.3, -0.25) is 0 Å². The van der Waals surface area contributed by atoms with Crippen LogP contribution < -0.4 is 5.32 Å². The van der Waals surface area contributed by atoms with Crippen LogP contribution >= 0.6 is 27.5 Å². The first-order valence-electron chi connectivity index (χ1n) is 6.46. The molecule has 2 aromatic carbocycles. The van der Waals surface area contributed by atoms with E-state index in [0.717, 1.165) is 16.5 Å². The predicted octanol–water partition coefficient (Wildman–Crippen LogP) is 4.96. The summed E-state index contributed by atoms with van der Waals surface area (Å²) in [6, 6.07) is 13.5. The minimum absolute atomic E-state index is 0.164. The molecule has 0 aliphatic carbocycles. The molecule has 0 radical (unpaired) electrons. The zero-order valence-corrected chi connectivity index (χ0v) is 13.5. The monoisotopic (exact) mass is 355 g/mol. The zero-order chi connectivity index (χ0) is 14.5. The second-order valence-electron chi connectivity index (χ2n) is 4.86.